The third-order valence-electron chi connectivity index (χ3n) is 2.92. The summed E-state index contributed by atoms with van der Waals surface area (Å²) in [6.07, 6.45) is 1.64. The SMILES string of the molecule is COC(=O)[C@@H]1CN(C)C[C@@H]1c1ccco1. The van der Waals surface area contributed by atoms with Crippen molar-refractivity contribution in [2.24, 2.45) is 5.92 Å². The molecule has 1 aromatic heterocycles. The molecule has 0 bridgehead atoms. The fourth-order valence-corrected chi connectivity index (χ4v) is 2.18. The highest BCUT2D eigenvalue weighted by molar-refractivity contribution is 5.74. The smallest absolute Gasteiger partial charge is 0.310 e. The zero-order valence-corrected chi connectivity index (χ0v) is 8.97. The summed E-state index contributed by atoms with van der Waals surface area (Å²) in [5.74, 6) is 0.735. The van der Waals surface area contributed by atoms with Gasteiger partial charge in [0.05, 0.1) is 19.3 Å². The van der Waals surface area contributed by atoms with Gasteiger partial charge in [0.2, 0.25) is 0 Å². The molecule has 0 radical (unpaired) electrons. The summed E-state index contributed by atoms with van der Waals surface area (Å²) in [6, 6.07) is 3.77. The Morgan fingerprint density at radius 3 is 3.00 bits per heavy atom. The van der Waals surface area contributed by atoms with Crippen molar-refractivity contribution in [3.05, 3.63) is 24.2 Å². The molecule has 0 amide bonds. The molecule has 15 heavy (non-hydrogen) atoms. The first kappa shape index (κ1) is 10.2. The molecule has 0 aromatic carbocycles. The van der Waals surface area contributed by atoms with Gasteiger partial charge in [0, 0.05) is 19.0 Å². The molecule has 0 unspecified atom stereocenters. The molecule has 1 fully saturated rings. The van der Waals surface area contributed by atoms with Crippen LogP contribution in [0.3, 0.4) is 0 Å². The van der Waals surface area contributed by atoms with Crippen LogP contribution in [0.1, 0.15) is 11.7 Å². The molecule has 1 aliphatic heterocycles. The number of methoxy groups -OCH3 is 1. The van der Waals surface area contributed by atoms with Crippen molar-refractivity contribution in [2.45, 2.75) is 5.92 Å². The fraction of sp³-hybridized carbons (Fsp3) is 0.545. The number of carbonyl (C=O) groups excluding carboxylic acids is 1. The average molecular weight is 209 g/mol. The second-order valence-corrected chi connectivity index (χ2v) is 3.97. The van der Waals surface area contributed by atoms with Crippen LogP contribution in [0.4, 0.5) is 0 Å². The number of carbonyl (C=O) groups is 1. The normalized spacial score (nSPS) is 26.8. The fourth-order valence-electron chi connectivity index (χ4n) is 2.18. The highest BCUT2D eigenvalue weighted by Crippen LogP contribution is 2.32. The molecule has 4 heteroatoms. The van der Waals surface area contributed by atoms with Gasteiger partial charge < -0.3 is 14.1 Å². The maximum Gasteiger partial charge on any atom is 0.310 e. The summed E-state index contributed by atoms with van der Waals surface area (Å²) in [7, 11) is 3.43. The van der Waals surface area contributed by atoms with Crippen molar-refractivity contribution in [3.63, 3.8) is 0 Å². The van der Waals surface area contributed by atoms with E-state index in [-0.39, 0.29) is 17.8 Å². The lowest BCUT2D eigenvalue weighted by atomic mass is 9.94. The summed E-state index contributed by atoms with van der Waals surface area (Å²) in [5, 5.41) is 0. The molecule has 0 saturated carbocycles. The van der Waals surface area contributed by atoms with Crippen LogP contribution in [0.15, 0.2) is 22.8 Å². The summed E-state index contributed by atoms with van der Waals surface area (Å²) < 4.78 is 10.2. The molecule has 1 aliphatic rings. The molecule has 2 atom stereocenters. The number of likely N-dealkylation sites (N-methyl/N-ethyl adjacent to an activating group) is 1. The second-order valence-electron chi connectivity index (χ2n) is 3.97. The Balaban J connectivity index is 2.19. The standard InChI is InChI=1S/C11H15NO3/c1-12-6-8(10-4-3-5-15-10)9(7-12)11(13)14-2/h3-5,8-9H,6-7H2,1-2H3/t8-,9+/m0/s1. The summed E-state index contributed by atoms with van der Waals surface area (Å²) >= 11 is 0. The third kappa shape index (κ3) is 1.90. The molecule has 0 spiro atoms. The van der Waals surface area contributed by atoms with E-state index >= 15 is 0 Å². The van der Waals surface area contributed by atoms with Crippen LogP contribution in [0.2, 0.25) is 0 Å². The quantitative estimate of drug-likeness (QED) is 0.684. The maximum absolute atomic E-state index is 11.6. The van der Waals surface area contributed by atoms with Crippen LogP contribution in [0.5, 0.6) is 0 Å². The number of rotatable bonds is 2. The zero-order chi connectivity index (χ0) is 10.8. The Morgan fingerprint density at radius 2 is 2.40 bits per heavy atom. The van der Waals surface area contributed by atoms with E-state index in [1.807, 2.05) is 19.2 Å². The van der Waals surface area contributed by atoms with Gasteiger partial charge in [0.15, 0.2) is 0 Å². The van der Waals surface area contributed by atoms with E-state index in [0.717, 1.165) is 18.8 Å². The average Bonchev–Trinajstić information content (AvgIpc) is 2.84. The molecule has 1 aromatic rings. The first-order valence-electron chi connectivity index (χ1n) is 5.02. The molecule has 4 nitrogen and oxygen atoms in total. The molecule has 1 saturated heterocycles. The van der Waals surface area contributed by atoms with Crippen LogP contribution in [0.25, 0.3) is 0 Å². The topological polar surface area (TPSA) is 42.7 Å². The van der Waals surface area contributed by atoms with Gasteiger partial charge in [-0.3, -0.25) is 4.79 Å². The van der Waals surface area contributed by atoms with Gasteiger partial charge in [-0.1, -0.05) is 0 Å². The molecule has 2 heterocycles. The first-order valence-corrected chi connectivity index (χ1v) is 5.02. The Bertz CT molecular complexity index is 334. The Hall–Kier alpha value is -1.29. The van der Waals surface area contributed by atoms with Crippen molar-refractivity contribution in [1.29, 1.82) is 0 Å². The van der Waals surface area contributed by atoms with E-state index in [1.165, 1.54) is 7.11 Å². The van der Waals surface area contributed by atoms with Crippen LogP contribution in [0, 0.1) is 5.92 Å². The highest BCUT2D eigenvalue weighted by Gasteiger charge is 2.39. The molecular formula is C11H15NO3. The van der Waals surface area contributed by atoms with Gasteiger partial charge in [-0.15, -0.1) is 0 Å². The lowest BCUT2D eigenvalue weighted by molar-refractivity contribution is -0.145. The molecule has 0 N–H and O–H groups in total. The number of ether oxygens (including phenoxy) is 1. The van der Waals surface area contributed by atoms with Gasteiger partial charge in [-0.05, 0) is 19.2 Å². The van der Waals surface area contributed by atoms with Crippen LogP contribution in [-0.2, 0) is 9.53 Å². The van der Waals surface area contributed by atoms with E-state index < -0.39 is 0 Å². The summed E-state index contributed by atoms with van der Waals surface area (Å²) in [4.78, 5) is 13.7. The minimum atomic E-state index is -0.152. The van der Waals surface area contributed by atoms with Crippen molar-refractivity contribution < 1.29 is 13.9 Å². The number of nitrogens with zero attached hydrogens (tertiary/aromatic N) is 1. The number of hydrogen-bond donors (Lipinski definition) is 0. The summed E-state index contributed by atoms with van der Waals surface area (Å²) in [6.45, 7) is 1.57. The lowest BCUT2D eigenvalue weighted by Crippen LogP contribution is -2.23. The van der Waals surface area contributed by atoms with E-state index in [1.54, 1.807) is 6.26 Å². The maximum atomic E-state index is 11.6. The third-order valence-corrected chi connectivity index (χ3v) is 2.92. The van der Waals surface area contributed by atoms with Crippen molar-refractivity contribution >= 4 is 5.97 Å². The largest absolute Gasteiger partial charge is 0.469 e. The second kappa shape index (κ2) is 4.06. The van der Waals surface area contributed by atoms with Crippen molar-refractivity contribution in [3.8, 4) is 0 Å². The minimum Gasteiger partial charge on any atom is -0.469 e. The van der Waals surface area contributed by atoms with Crippen molar-refractivity contribution in [1.82, 2.24) is 4.90 Å². The van der Waals surface area contributed by atoms with Gasteiger partial charge in [-0.2, -0.15) is 0 Å². The van der Waals surface area contributed by atoms with Gasteiger partial charge >= 0.3 is 5.97 Å². The number of esters is 1. The molecule has 0 aliphatic carbocycles. The monoisotopic (exact) mass is 209 g/mol. The van der Waals surface area contributed by atoms with Gasteiger partial charge in [-0.25, -0.2) is 0 Å². The summed E-state index contributed by atoms with van der Waals surface area (Å²) in [5.41, 5.74) is 0. The molecule has 82 valence electrons. The Kier molecular flexibility index (Phi) is 2.77. The Labute approximate surface area is 88.8 Å². The van der Waals surface area contributed by atoms with Crippen molar-refractivity contribution in [2.75, 3.05) is 27.2 Å². The lowest BCUT2D eigenvalue weighted by Gasteiger charge is -2.13. The van der Waals surface area contributed by atoms with E-state index in [4.69, 9.17) is 9.15 Å². The first-order chi connectivity index (χ1) is 7.22. The number of hydrogen-bond acceptors (Lipinski definition) is 4. The predicted molar refractivity (Wildman–Crippen MR) is 54.5 cm³/mol. The van der Waals surface area contributed by atoms with E-state index in [0.29, 0.717) is 0 Å². The van der Waals surface area contributed by atoms with E-state index in [2.05, 4.69) is 4.90 Å². The van der Waals surface area contributed by atoms with Gasteiger partial charge in [0.25, 0.3) is 0 Å². The van der Waals surface area contributed by atoms with Crippen LogP contribution < -0.4 is 0 Å². The minimum absolute atomic E-state index is 0.105. The predicted octanol–water partition coefficient (Wildman–Crippen LogP) is 1.10. The molecular weight excluding hydrogens is 194 g/mol. The van der Waals surface area contributed by atoms with Gasteiger partial charge in [0.1, 0.15) is 5.76 Å². The van der Waals surface area contributed by atoms with Crippen LogP contribution in [-0.4, -0.2) is 38.1 Å². The molecule has 2 rings (SSSR count). The zero-order valence-electron chi connectivity index (χ0n) is 8.97. The Morgan fingerprint density at radius 1 is 1.60 bits per heavy atom. The highest BCUT2D eigenvalue weighted by atomic mass is 16.5. The van der Waals surface area contributed by atoms with Crippen LogP contribution >= 0.6 is 0 Å². The number of likely N-dealkylation sites (tertiary alicyclic amines) is 1. The number of furan rings is 1. The van der Waals surface area contributed by atoms with E-state index in [9.17, 15) is 4.79 Å².